The summed E-state index contributed by atoms with van der Waals surface area (Å²) in [5.41, 5.74) is 1.77. The Morgan fingerprint density at radius 1 is 1.09 bits per heavy atom. The number of rotatable bonds is 9. The summed E-state index contributed by atoms with van der Waals surface area (Å²) in [5.74, 6) is 0.796. The van der Waals surface area contributed by atoms with Crippen LogP contribution in [0.15, 0.2) is 22.9 Å². The molecule has 132 valence electrons. The minimum Gasteiger partial charge on any atom is -0.486 e. The molecule has 0 aliphatic rings. The predicted molar refractivity (Wildman–Crippen MR) is 112 cm³/mol. The number of ether oxygens (including phenoxy) is 1. The number of halogens is 2. The van der Waals surface area contributed by atoms with Crippen LogP contribution in [0.5, 0.6) is 5.75 Å². The standard InChI is InChI=1S/C17H29BrINO2Si/c1-12(2)23(13(3)4,14(5)6)21-11-16(9-19)22-15-7-8-17(18)20-10-15/h7-8,10,12-14,16H,9,11H2,1-6H3/t16-/m0/s1. The highest BCUT2D eigenvalue weighted by atomic mass is 127. The van der Waals surface area contributed by atoms with Gasteiger partial charge in [0.05, 0.1) is 12.8 Å². The Kier molecular flexibility index (Phi) is 9.04. The quantitative estimate of drug-likeness (QED) is 0.170. The van der Waals surface area contributed by atoms with Crippen LogP contribution in [0, 0.1) is 0 Å². The molecule has 3 nitrogen and oxygen atoms in total. The Morgan fingerprint density at radius 3 is 2.04 bits per heavy atom. The molecule has 0 saturated heterocycles. The fourth-order valence-electron chi connectivity index (χ4n) is 3.47. The van der Waals surface area contributed by atoms with E-state index in [0.717, 1.165) is 14.8 Å². The maximum atomic E-state index is 6.64. The lowest BCUT2D eigenvalue weighted by molar-refractivity contribution is 0.135. The lowest BCUT2D eigenvalue weighted by atomic mass is 10.4. The number of hydrogen-bond donors (Lipinski definition) is 0. The molecule has 1 rings (SSSR count). The summed E-state index contributed by atoms with van der Waals surface area (Å²) in [6.45, 7) is 14.5. The first kappa shape index (κ1) is 21.4. The van der Waals surface area contributed by atoms with Gasteiger partial charge in [-0.1, -0.05) is 64.1 Å². The molecular weight excluding hydrogens is 485 g/mol. The molecule has 0 aliphatic carbocycles. The van der Waals surface area contributed by atoms with Crippen LogP contribution in [0.3, 0.4) is 0 Å². The van der Waals surface area contributed by atoms with Crippen molar-refractivity contribution in [3.8, 4) is 5.75 Å². The summed E-state index contributed by atoms with van der Waals surface area (Å²) in [4.78, 5) is 4.22. The van der Waals surface area contributed by atoms with Gasteiger partial charge in [0.25, 0.3) is 0 Å². The molecule has 1 aromatic heterocycles. The summed E-state index contributed by atoms with van der Waals surface area (Å²) in [6.07, 6.45) is 1.81. The van der Waals surface area contributed by atoms with Crippen LogP contribution in [0.1, 0.15) is 41.5 Å². The van der Waals surface area contributed by atoms with E-state index in [1.807, 2.05) is 12.1 Å². The van der Waals surface area contributed by atoms with Crippen molar-refractivity contribution in [2.75, 3.05) is 11.0 Å². The van der Waals surface area contributed by atoms with Gasteiger partial charge in [-0.3, -0.25) is 0 Å². The zero-order valence-corrected chi connectivity index (χ0v) is 19.7. The number of pyridine rings is 1. The van der Waals surface area contributed by atoms with Crippen LogP contribution in [-0.2, 0) is 4.43 Å². The van der Waals surface area contributed by atoms with E-state index in [4.69, 9.17) is 9.16 Å². The zero-order chi connectivity index (χ0) is 17.6. The summed E-state index contributed by atoms with van der Waals surface area (Å²) in [5, 5.41) is 0. The third kappa shape index (κ3) is 5.68. The topological polar surface area (TPSA) is 31.4 Å². The Balaban J connectivity index is 2.79. The second kappa shape index (κ2) is 9.72. The summed E-state index contributed by atoms with van der Waals surface area (Å²) >= 11 is 5.71. The van der Waals surface area contributed by atoms with E-state index in [9.17, 15) is 0 Å². The molecule has 0 aliphatic heterocycles. The molecule has 0 amide bonds. The first-order valence-corrected chi connectivity index (χ1v) is 12.7. The molecule has 0 radical (unpaired) electrons. The van der Waals surface area contributed by atoms with Gasteiger partial charge in [-0.05, 0) is 44.7 Å². The van der Waals surface area contributed by atoms with E-state index in [2.05, 4.69) is 85.0 Å². The van der Waals surface area contributed by atoms with Gasteiger partial charge in [0.1, 0.15) is 16.5 Å². The van der Waals surface area contributed by atoms with Crippen molar-refractivity contribution in [2.45, 2.75) is 64.3 Å². The Labute approximate surface area is 164 Å². The molecule has 0 unspecified atom stereocenters. The molecule has 23 heavy (non-hydrogen) atoms. The van der Waals surface area contributed by atoms with E-state index >= 15 is 0 Å². The molecule has 1 atom stereocenters. The Hall–Kier alpha value is 0.337. The van der Waals surface area contributed by atoms with Crippen LogP contribution in [-0.4, -0.2) is 30.4 Å². The van der Waals surface area contributed by atoms with E-state index in [-0.39, 0.29) is 6.10 Å². The SMILES string of the molecule is CC(C)[Si](OC[C@H](CI)Oc1ccc(Br)nc1)(C(C)C)C(C)C. The van der Waals surface area contributed by atoms with E-state index < -0.39 is 8.32 Å². The van der Waals surface area contributed by atoms with Gasteiger partial charge in [-0.25, -0.2) is 4.98 Å². The van der Waals surface area contributed by atoms with E-state index in [0.29, 0.717) is 23.2 Å². The summed E-state index contributed by atoms with van der Waals surface area (Å²) < 4.78 is 14.4. The number of aromatic nitrogens is 1. The molecule has 0 aromatic carbocycles. The average Bonchev–Trinajstić information content (AvgIpc) is 2.47. The van der Waals surface area contributed by atoms with Crippen molar-refractivity contribution < 1.29 is 9.16 Å². The molecule has 1 aromatic rings. The zero-order valence-electron chi connectivity index (χ0n) is 15.0. The lowest BCUT2D eigenvalue weighted by Gasteiger charge is -2.42. The van der Waals surface area contributed by atoms with Crippen molar-refractivity contribution in [2.24, 2.45) is 0 Å². The van der Waals surface area contributed by atoms with Gasteiger partial charge >= 0.3 is 0 Å². The number of alkyl halides is 1. The molecule has 6 heteroatoms. The monoisotopic (exact) mass is 513 g/mol. The van der Waals surface area contributed by atoms with Crippen molar-refractivity contribution in [3.05, 3.63) is 22.9 Å². The van der Waals surface area contributed by atoms with Crippen molar-refractivity contribution in [1.82, 2.24) is 4.98 Å². The van der Waals surface area contributed by atoms with Gasteiger partial charge < -0.3 is 9.16 Å². The predicted octanol–water partition coefficient (Wildman–Crippen LogP) is 6.22. The third-order valence-corrected chi connectivity index (χ3v) is 11.9. The van der Waals surface area contributed by atoms with Gasteiger partial charge in [-0.15, -0.1) is 0 Å². The largest absolute Gasteiger partial charge is 0.486 e. The average molecular weight is 514 g/mol. The second-order valence-electron chi connectivity index (χ2n) is 6.84. The summed E-state index contributed by atoms with van der Waals surface area (Å²) in [7, 11) is -1.84. The van der Waals surface area contributed by atoms with Gasteiger partial charge in [0.15, 0.2) is 0 Å². The minimum absolute atomic E-state index is 0.0571. The van der Waals surface area contributed by atoms with Gasteiger partial charge in [0, 0.05) is 4.43 Å². The van der Waals surface area contributed by atoms with Crippen LogP contribution in [0.4, 0.5) is 0 Å². The summed E-state index contributed by atoms with van der Waals surface area (Å²) in [6, 6.07) is 3.84. The smallest absolute Gasteiger partial charge is 0.200 e. The normalized spacial score (nSPS) is 13.9. The van der Waals surface area contributed by atoms with E-state index in [1.165, 1.54) is 0 Å². The highest BCUT2D eigenvalue weighted by Crippen LogP contribution is 2.42. The number of hydrogen-bond acceptors (Lipinski definition) is 3. The highest BCUT2D eigenvalue weighted by molar-refractivity contribution is 14.1. The van der Waals surface area contributed by atoms with Crippen molar-refractivity contribution in [3.63, 3.8) is 0 Å². The fourth-order valence-corrected chi connectivity index (χ4v) is 9.61. The van der Waals surface area contributed by atoms with Crippen LogP contribution in [0.2, 0.25) is 16.6 Å². The van der Waals surface area contributed by atoms with Crippen molar-refractivity contribution in [1.29, 1.82) is 0 Å². The van der Waals surface area contributed by atoms with Gasteiger partial charge in [0.2, 0.25) is 8.32 Å². The maximum Gasteiger partial charge on any atom is 0.200 e. The Bertz CT molecular complexity index is 446. The molecule has 0 fully saturated rings. The van der Waals surface area contributed by atoms with Crippen LogP contribution >= 0.6 is 38.5 Å². The third-order valence-electron chi connectivity index (χ3n) is 4.40. The van der Waals surface area contributed by atoms with Crippen LogP contribution in [0.25, 0.3) is 0 Å². The number of nitrogens with zero attached hydrogens (tertiary/aromatic N) is 1. The highest BCUT2D eigenvalue weighted by Gasteiger charge is 2.45. The van der Waals surface area contributed by atoms with Crippen molar-refractivity contribution >= 4 is 46.8 Å². The molecule has 0 N–H and O–H groups in total. The fraction of sp³-hybridized carbons (Fsp3) is 0.706. The molecule has 0 bridgehead atoms. The van der Waals surface area contributed by atoms with Gasteiger partial charge in [-0.2, -0.15) is 0 Å². The second-order valence-corrected chi connectivity index (χ2v) is 14.0. The van der Waals surface area contributed by atoms with Crippen LogP contribution < -0.4 is 4.74 Å². The first-order chi connectivity index (χ1) is 10.7. The molecule has 0 saturated carbocycles. The minimum atomic E-state index is -1.84. The molecule has 1 heterocycles. The Morgan fingerprint density at radius 2 is 1.65 bits per heavy atom. The first-order valence-electron chi connectivity index (χ1n) is 8.22. The van der Waals surface area contributed by atoms with E-state index in [1.54, 1.807) is 6.20 Å². The maximum absolute atomic E-state index is 6.64. The molecule has 0 spiro atoms. The molecular formula is C17H29BrINO2Si. The lowest BCUT2D eigenvalue weighted by Crippen LogP contribution is -2.49.